The van der Waals surface area contributed by atoms with E-state index in [0.29, 0.717) is 17.1 Å². The molecule has 0 saturated carbocycles. The topological polar surface area (TPSA) is 113 Å². The van der Waals surface area contributed by atoms with Gasteiger partial charge in [0, 0.05) is 11.4 Å². The Morgan fingerprint density at radius 2 is 1.22 bits per heavy atom. The van der Waals surface area contributed by atoms with Crippen LogP contribution in [0.3, 0.4) is 0 Å². The molecule has 0 aliphatic carbocycles. The average Bonchev–Trinajstić information content (AvgIpc) is 2.88. The molecule has 0 aliphatic rings. The number of carbonyl (C=O) groups is 1. The molecule has 2 N–H and O–H groups in total. The molecule has 37 heavy (non-hydrogen) atoms. The van der Waals surface area contributed by atoms with Crippen molar-refractivity contribution in [2.24, 2.45) is 0 Å². The van der Waals surface area contributed by atoms with Gasteiger partial charge in [-0.25, -0.2) is 16.8 Å². The Kier molecular flexibility index (Phi) is 7.61. The molecule has 4 aromatic rings. The van der Waals surface area contributed by atoms with Crippen LogP contribution in [-0.4, -0.2) is 29.3 Å². The standard InChI is InChI=1S/C27H25N3O5S2/c1-21-12-16-26(17-13-21)37(34,35)30(24-10-6-3-7-11-24)20-27(31)28-22-14-18-25(19-15-22)36(32,33)29-23-8-4-2-5-9-23/h2-19,29H,20H2,1H3,(H,28,31). The normalized spacial score (nSPS) is 11.5. The largest absolute Gasteiger partial charge is 0.325 e. The van der Waals surface area contributed by atoms with Gasteiger partial charge in [-0.1, -0.05) is 54.1 Å². The minimum Gasteiger partial charge on any atom is -0.325 e. The van der Waals surface area contributed by atoms with E-state index in [2.05, 4.69) is 10.0 Å². The fourth-order valence-electron chi connectivity index (χ4n) is 3.52. The number of sulfonamides is 2. The number of hydrogen-bond donors (Lipinski definition) is 2. The van der Waals surface area contributed by atoms with Crippen molar-refractivity contribution in [3.8, 4) is 0 Å². The predicted molar refractivity (Wildman–Crippen MR) is 144 cm³/mol. The maximum Gasteiger partial charge on any atom is 0.264 e. The number of para-hydroxylation sites is 2. The van der Waals surface area contributed by atoms with E-state index < -0.39 is 32.5 Å². The van der Waals surface area contributed by atoms with E-state index >= 15 is 0 Å². The van der Waals surface area contributed by atoms with Crippen molar-refractivity contribution in [3.05, 3.63) is 115 Å². The van der Waals surface area contributed by atoms with Crippen LogP contribution in [0.4, 0.5) is 17.1 Å². The molecule has 0 unspecified atom stereocenters. The molecule has 0 saturated heterocycles. The van der Waals surface area contributed by atoms with Crippen molar-refractivity contribution < 1.29 is 21.6 Å². The molecule has 0 fully saturated rings. The van der Waals surface area contributed by atoms with E-state index in [1.54, 1.807) is 72.8 Å². The van der Waals surface area contributed by atoms with Gasteiger partial charge < -0.3 is 5.32 Å². The minimum absolute atomic E-state index is 0.0159. The van der Waals surface area contributed by atoms with Crippen LogP contribution in [0.5, 0.6) is 0 Å². The molecule has 0 aliphatic heterocycles. The second-order valence-electron chi connectivity index (χ2n) is 8.20. The van der Waals surface area contributed by atoms with Gasteiger partial charge in [-0.15, -0.1) is 0 Å². The fraction of sp³-hybridized carbons (Fsp3) is 0.0741. The highest BCUT2D eigenvalue weighted by Crippen LogP contribution is 2.24. The highest BCUT2D eigenvalue weighted by Gasteiger charge is 2.27. The average molecular weight is 536 g/mol. The Hall–Kier alpha value is -4.15. The number of hydrogen-bond acceptors (Lipinski definition) is 5. The monoisotopic (exact) mass is 535 g/mol. The lowest BCUT2D eigenvalue weighted by Gasteiger charge is -2.24. The van der Waals surface area contributed by atoms with Crippen LogP contribution < -0.4 is 14.3 Å². The molecule has 4 aromatic carbocycles. The second-order valence-corrected chi connectivity index (χ2v) is 11.7. The molecule has 4 rings (SSSR count). The number of benzene rings is 4. The van der Waals surface area contributed by atoms with Gasteiger partial charge in [0.05, 0.1) is 15.5 Å². The lowest BCUT2D eigenvalue weighted by atomic mass is 10.2. The summed E-state index contributed by atoms with van der Waals surface area (Å²) in [5.41, 5.74) is 2.00. The predicted octanol–water partition coefficient (Wildman–Crippen LogP) is 4.63. The Labute approximate surface area is 216 Å². The quantitative estimate of drug-likeness (QED) is 0.325. The molecule has 0 radical (unpaired) electrons. The third-order valence-corrected chi connectivity index (χ3v) is 8.60. The van der Waals surface area contributed by atoms with E-state index in [0.717, 1.165) is 9.87 Å². The summed E-state index contributed by atoms with van der Waals surface area (Å²) >= 11 is 0. The van der Waals surface area contributed by atoms with E-state index in [-0.39, 0.29) is 9.79 Å². The molecular formula is C27H25N3O5S2. The smallest absolute Gasteiger partial charge is 0.264 e. The van der Waals surface area contributed by atoms with Crippen molar-refractivity contribution in [3.63, 3.8) is 0 Å². The zero-order valence-corrected chi connectivity index (χ0v) is 21.5. The van der Waals surface area contributed by atoms with Crippen molar-refractivity contribution in [1.29, 1.82) is 0 Å². The molecule has 8 nitrogen and oxygen atoms in total. The molecule has 190 valence electrons. The lowest BCUT2D eigenvalue weighted by molar-refractivity contribution is -0.114. The third kappa shape index (κ3) is 6.35. The number of rotatable bonds is 9. The van der Waals surface area contributed by atoms with Crippen LogP contribution in [0, 0.1) is 6.92 Å². The summed E-state index contributed by atoms with van der Waals surface area (Å²) in [6, 6.07) is 28.8. The summed E-state index contributed by atoms with van der Waals surface area (Å²) in [5, 5.41) is 2.64. The zero-order valence-electron chi connectivity index (χ0n) is 19.9. The third-order valence-electron chi connectivity index (χ3n) is 5.41. The van der Waals surface area contributed by atoms with Gasteiger partial charge in [0.15, 0.2) is 0 Å². The molecule has 0 heterocycles. The van der Waals surface area contributed by atoms with E-state index in [1.807, 2.05) is 6.92 Å². The lowest BCUT2D eigenvalue weighted by Crippen LogP contribution is -2.38. The van der Waals surface area contributed by atoms with Crippen LogP contribution in [-0.2, 0) is 24.8 Å². The summed E-state index contributed by atoms with van der Waals surface area (Å²) < 4.78 is 55.6. The fourth-order valence-corrected chi connectivity index (χ4v) is 6.00. The van der Waals surface area contributed by atoms with Gasteiger partial charge in [-0.2, -0.15) is 0 Å². The van der Waals surface area contributed by atoms with E-state index in [1.165, 1.54) is 36.4 Å². The summed E-state index contributed by atoms with van der Waals surface area (Å²) in [5.74, 6) is -0.586. The minimum atomic E-state index is -4.03. The number of carbonyl (C=O) groups excluding carboxylic acids is 1. The van der Waals surface area contributed by atoms with Gasteiger partial charge in [-0.05, 0) is 67.6 Å². The van der Waals surface area contributed by atoms with Gasteiger partial charge >= 0.3 is 0 Å². The first-order chi connectivity index (χ1) is 17.6. The van der Waals surface area contributed by atoms with Crippen molar-refractivity contribution in [1.82, 2.24) is 0 Å². The van der Waals surface area contributed by atoms with Crippen LogP contribution in [0.25, 0.3) is 0 Å². The van der Waals surface area contributed by atoms with Crippen LogP contribution in [0.2, 0.25) is 0 Å². The van der Waals surface area contributed by atoms with Crippen molar-refractivity contribution in [2.75, 3.05) is 20.9 Å². The summed E-state index contributed by atoms with van der Waals surface area (Å²) in [4.78, 5) is 13.0. The molecular weight excluding hydrogens is 510 g/mol. The maximum atomic E-state index is 13.4. The van der Waals surface area contributed by atoms with E-state index in [4.69, 9.17) is 0 Å². The van der Waals surface area contributed by atoms with E-state index in [9.17, 15) is 21.6 Å². The number of aryl methyl sites for hydroxylation is 1. The highest BCUT2D eigenvalue weighted by molar-refractivity contribution is 7.93. The first-order valence-electron chi connectivity index (χ1n) is 11.3. The number of nitrogens with zero attached hydrogens (tertiary/aromatic N) is 1. The number of anilines is 3. The molecule has 1 amide bonds. The maximum absolute atomic E-state index is 13.4. The second kappa shape index (κ2) is 10.9. The SMILES string of the molecule is Cc1ccc(S(=O)(=O)N(CC(=O)Nc2ccc(S(=O)(=O)Nc3ccccc3)cc2)c2ccccc2)cc1. The Bertz CT molecular complexity index is 1570. The molecule has 0 spiro atoms. The van der Waals surface area contributed by atoms with Crippen LogP contribution >= 0.6 is 0 Å². The molecule has 0 aromatic heterocycles. The van der Waals surface area contributed by atoms with Crippen LogP contribution in [0.15, 0.2) is 119 Å². The summed E-state index contributed by atoms with van der Waals surface area (Å²) in [7, 11) is -7.85. The highest BCUT2D eigenvalue weighted by atomic mass is 32.2. The Balaban J connectivity index is 1.51. The molecule has 0 bridgehead atoms. The van der Waals surface area contributed by atoms with Crippen LogP contribution in [0.1, 0.15) is 5.56 Å². The number of nitrogens with one attached hydrogen (secondary N) is 2. The first-order valence-corrected chi connectivity index (χ1v) is 14.2. The zero-order chi connectivity index (χ0) is 26.5. The molecule has 10 heteroatoms. The van der Waals surface area contributed by atoms with Gasteiger partial charge in [0.25, 0.3) is 20.0 Å². The van der Waals surface area contributed by atoms with Crippen molar-refractivity contribution in [2.45, 2.75) is 16.7 Å². The molecule has 0 atom stereocenters. The van der Waals surface area contributed by atoms with Gasteiger partial charge in [0.2, 0.25) is 5.91 Å². The summed E-state index contributed by atoms with van der Waals surface area (Å²) in [6.07, 6.45) is 0. The summed E-state index contributed by atoms with van der Waals surface area (Å²) in [6.45, 7) is 1.38. The van der Waals surface area contributed by atoms with Crippen molar-refractivity contribution >= 4 is 43.0 Å². The number of amides is 1. The van der Waals surface area contributed by atoms with Gasteiger partial charge in [-0.3, -0.25) is 13.8 Å². The van der Waals surface area contributed by atoms with Gasteiger partial charge in [0.1, 0.15) is 6.54 Å². The Morgan fingerprint density at radius 3 is 1.81 bits per heavy atom. The first kappa shape index (κ1) is 25.9. The Morgan fingerprint density at radius 1 is 0.676 bits per heavy atom.